The highest BCUT2D eigenvalue weighted by Gasteiger charge is 2.41. The molecule has 0 radical (unpaired) electrons. The van der Waals surface area contributed by atoms with Crippen molar-refractivity contribution in [2.45, 2.75) is 12.1 Å². The lowest BCUT2D eigenvalue weighted by atomic mass is 9.98. The number of hydrogen-bond donors (Lipinski definition) is 1. The van der Waals surface area contributed by atoms with Gasteiger partial charge in [-0.05, 0) is 6.07 Å². The third-order valence-corrected chi connectivity index (χ3v) is 3.18. The molecule has 2 unspecified atom stereocenters. The summed E-state index contributed by atoms with van der Waals surface area (Å²) in [7, 11) is 2.97. The van der Waals surface area contributed by atoms with Gasteiger partial charge in [-0.2, -0.15) is 0 Å². The second-order valence-corrected chi connectivity index (χ2v) is 4.26. The van der Waals surface area contributed by atoms with Crippen LogP contribution in [0.25, 0.3) is 0 Å². The van der Waals surface area contributed by atoms with Crippen LogP contribution in [0.4, 0.5) is 0 Å². The highest BCUT2D eigenvalue weighted by Crippen LogP contribution is 2.34. The number of ether oxygens (including phenoxy) is 2. The maximum absolute atomic E-state index is 11.5. The van der Waals surface area contributed by atoms with Gasteiger partial charge >= 0.3 is 5.97 Å². The number of carbonyl (C=O) groups is 2. The summed E-state index contributed by atoms with van der Waals surface area (Å²) in [6.45, 7) is -0.136. The molecule has 19 heavy (non-hydrogen) atoms. The van der Waals surface area contributed by atoms with E-state index < -0.39 is 18.1 Å². The van der Waals surface area contributed by atoms with Crippen LogP contribution >= 0.6 is 0 Å². The molecule has 0 aromatic heterocycles. The van der Waals surface area contributed by atoms with Crippen molar-refractivity contribution in [1.82, 2.24) is 4.90 Å². The van der Waals surface area contributed by atoms with Gasteiger partial charge in [-0.1, -0.05) is 18.2 Å². The Morgan fingerprint density at radius 3 is 2.79 bits per heavy atom. The topological polar surface area (TPSA) is 76.1 Å². The molecule has 1 N–H and O–H groups in total. The number of carbonyl (C=O) groups excluding carboxylic acids is 1. The van der Waals surface area contributed by atoms with Crippen molar-refractivity contribution in [3.8, 4) is 5.75 Å². The molecule has 1 aromatic rings. The van der Waals surface area contributed by atoms with E-state index in [0.717, 1.165) is 0 Å². The van der Waals surface area contributed by atoms with Crippen LogP contribution in [0.5, 0.6) is 5.75 Å². The molecule has 1 aliphatic heterocycles. The fourth-order valence-corrected chi connectivity index (χ4v) is 2.17. The number of carboxylic acids is 1. The lowest BCUT2D eigenvalue weighted by Crippen LogP contribution is -2.52. The molecule has 0 aliphatic carbocycles. The molecule has 1 saturated heterocycles. The smallest absolute Gasteiger partial charge is 0.329 e. The van der Waals surface area contributed by atoms with E-state index in [-0.39, 0.29) is 12.5 Å². The molecule has 2 atom stereocenters. The number of para-hydroxylation sites is 1. The summed E-state index contributed by atoms with van der Waals surface area (Å²) in [5.74, 6) is -0.911. The molecule has 0 saturated carbocycles. The van der Waals surface area contributed by atoms with E-state index in [0.29, 0.717) is 11.3 Å². The quantitative estimate of drug-likeness (QED) is 0.869. The third kappa shape index (κ3) is 2.39. The average Bonchev–Trinajstić information content (AvgIpc) is 2.41. The van der Waals surface area contributed by atoms with Crippen LogP contribution in [-0.2, 0) is 14.3 Å². The number of rotatable bonds is 3. The van der Waals surface area contributed by atoms with E-state index in [1.165, 1.54) is 19.1 Å². The Bertz CT molecular complexity index is 502. The summed E-state index contributed by atoms with van der Waals surface area (Å²) in [5.41, 5.74) is 0.622. The van der Waals surface area contributed by atoms with E-state index in [4.69, 9.17) is 9.47 Å². The maximum Gasteiger partial charge on any atom is 0.329 e. The normalized spacial score (nSPS) is 23.3. The number of morpholine rings is 1. The Morgan fingerprint density at radius 1 is 1.47 bits per heavy atom. The number of methoxy groups -OCH3 is 1. The Hall–Kier alpha value is -2.08. The molecule has 102 valence electrons. The molecule has 1 aliphatic rings. The first kappa shape index (κ1) is 13.4. The molecular weight excluding hydrogens is 250 g/mol. The summed E-state index contributed by atoms with van der Waals surface area (Å²) in [6, 6.07) is 5.97. The second kappa shape index (κ2) is 5.27. The molecular formula is C13H15NO5. The fourth-order valence-electron chi connectivity index (χ4n) is 2.17. The van der Waals surface area contributed by atoms with Gasteiger partial charge in [-0.25, -0.2) is 4.79 Å². The number of hydrogen-bond acceptors (Lipinski definition) is 4. The summed E-state index contributed by atoms with van der Waals surface area (Å²) in [6.07, 6.45) is -0.739. The van der Waals surface area contributed by atoms with Gasteiger partial charge in [0.05, 0.1) is 7.11 Å². The van der Waals surface area contributed by atoms with Crippen LogP contribution in [0.1, 0.15) is 11.7 Å². The maximum atomic E-state index is 11.5. The molecule has 1 aromatic carbocycles. The van der Waals surface area contributed by atoms with Gasteiger partial charge in [-0.15, -0.1) is 0 Å². The minimum atomic E-state index is -1.11. The van der Waals surface area contributed by atoms with Crippen molar-refractivity contribution in [2.24, 2.45) is 0 Å². The van der Waals surface area contributed by atoms with Crippen LogP contribution in [0.15, 0.2) is 24.3 Å². The summed E-state index contributed by atoms with van der Waals surface area (Å²) in [5, 5.41) is 9.31. The lowest BCUT2D eigenvalue weighted by Gasteiger charge is -2.36. The van der Waals surface area contributed by atoms with Gasteiger partial charge in [0.2, 0.25) is 5.91 Å². The van der Waals surface area contributed by atoms with Crippen LogP contribution in [0, 0.1) is 0 Å². The van der Waals surface area contributed by atoms with Gasteiger partial charge in [0.25, 0.3) is 0 Å². The Balaban J connectivity index is 2.41. The molecule has 1 fully saturated rings. The predicted octanol–water partition coefficient (Wildman–Crippen LogP) is 0.678. The lowest BCUT2D eigenvalue weighted by molar-refractivity contribution is -0.169. The van der Waals surface area contributed by atoms with Crippen LogP contribution in [0.3, 0.4) is 0 Å². The minimum Gasteiger partial charge on any atom is -0.496 e. The fraction of sp³-hybridized carbons (Fsp3) is 0.385. The summed E-state index contributed by atoms with van der Waals surface area (Å²) >= 11 is 0. The highest BCUT2D eigenvalue weighted by molar-refractivity contribution is 5.86. The van der Waals surface area contributed by atoms with Crippen molar-refractivity contribution < 1.29 is 24.2 Å². The number of benzene rings is 1. The van der Waals surface area contributed by atoms with Crippen molar-refractivity contribution >= 4 is 11.9 Å². The van der Waals surface area contributed by atoms with Gasteiger partial charge in [0.1, 0.15) is 18.5 Å². The summed E-state index contributed by atoms with van der Waals surface area (Å²) < 4.78 is 10.6. The van der Waals surface area contributed by atoms with Crippen molar-refractivity contribution in [1.29, 1.82) is 0 Å². The average molecular weight is 265 g/mol. The van der Waals surface area contributed by atoms with Crippen LogP contribution in [0.2, 0.25) is 0 Å². The van der Waals surface area contributed by atoms with E-state index in [1.54, 1.807) is 24.3 Å². The number of amides is 1. The molecule has 6 nitrogen and oxygen atoms in total. The monoisotopic (exact) mass is 265 g/mol. The first-order chi connectivity index (χ1) is 9.06. The van der Waals surface area contributed by atoms with E-state index in [2.05, 4.69) is 0 Å². The zero-order valence-corrected chi connectivity index (χ0v) is 10.7. The first-order valence-corrected chi connectivity index (χ1v) is 5.79. The number of aliphatic carboxylic acids is 1. The molecule has 6 heteroatoms. The van der Waals surface area contributed by atoms with Gasteiger partial charge < -0.3 is 19.5 Å². The second-order valence-electron chi connectivity index (χ2n) is 4.26. The van der Waals surface area contributed by atoms with Gasteiger partial charge in [0, 0.05) is 12.6 Å². The highest BCUT2D eigenvalue weighted by atomic mass is 16.5. The number of nitrogens with zero attached hydrogens (tertiary/aromatic N) is 1. The van der Waals surface area contributed by atoms with Gasteiger partial charge in [0.15, 0.2) is 6.04 Å². The van der Waals surface area contributed by atoms with Crippen molar-refractivity contribution in [3.05, 3.63) is 29.8 Å². The SMILES string of the molecule is COc1ccccc1C1OCC(=O)N(C)C1C(=O)O. The third-order valence-electron chi connectivity index (χ3n) is 3.18. The molecule has 1 amide bonds. The van der Waals surface area contributed by atoms with E-state index in [9.17, 15) is 14.7 Å². The standard InChI is InChI=1S/C13H15NO5/c1-14-10(15)7-19-12(11(14)13(16)17)8-5-3-4-6-9(8)18-2/h3-6,11-12H,7H2,1-2H3,(H,16,17). The Labute approximate surface area is 110 Å². The van der Waals surface area contributed by atoms with E-state index in [1.807, 2.05) is 0 Å². The molecule has 0 bridgehead atoms. The molecule has 0 spiro atoms. The zero-order valence-electron chi connectivity index (χ0n) is 10.7. The molecule has 2 rings (SSSR count). The minimum absolute atomic E-state index is 0.136. The van der Waals surface area contributed by atoms with Crippen LogP contribution < -0.4 is 4.74 Å². The van der Waals surface area contributed by atoms with Crippen molar-refractivity contribution in [3.63, 3.8) is 0 Å². The first-order valence-electron chi connectivity index (χ1n) is 5.79. The van der Waals surface area contributed by atoms with E-state index >= 15 is 0 Å². The molecule has 1 heterocycles. The number of likely N-dealkylation sites (N-methyl/N-ethyl adjacent to an activating group) is 1. The van der Waals surface area contributed by atoms with Crippen LogP contribution in [-0.4, -0.2) is 48.7 Å². The Kier molecular flexibility index (Phi) is 3.71. The zero-order chi connectivity index (χ0) is 14.0. The number of carboxylic acid groups (broad SMARTS) is 1. The Morgan fingerprint density at radius 2 is 2.16 bits per heavy atom. The van der Waals surface area contributed by atoms with Crippen molar-refractivity contribution in [2.75, 3.05) is 20.8 Å². The summed E-state index contributed by atoms with van der Waals surface area (Å²) in [4.78, 5) is 24.1. The largest absolute Gasteiger partial charge is 0.496 e. The van der Waals surface area contributed by atoms with Gasteiger partial charge in [-0.3, -0.25) is 4.79 Å². The predicted molar refractivity (Wildman–Crippen MR) is 65.9 cm³/mol.